The van der Waals surface area contributed by atoms with Gasteiger partial charge in [0.05, 0.1) is 11.0 Å². The fraction of sp³-hybridized carbons (Fsp3) is 1.00. The van der Waals surface area contributed by atoms with Gasteiger partial charge >= 0.3 is 0 Å². The molecule has 0 aromatic rings. The highest BCUT2D eigenvalue weighted by Crippen LogP contribution is 2.35. The Hall–Kier alpha value is 0.250. The normalized spacial score (nSPS) is 39.5. The Bertz CT molecular complexity index is 136. The molecule has 2 heteroatoms. The Kier molecular flexibility index (Phi) is 2.82. The summed E-state index contributed by atoms with van der Waals surface area (Å²) < 4.78 is 5.71. The van der Waals surface area contributed by atoms with E-state index in [4.69, 9.17) is 16.3 Å². The minimum absolute atomic E-state index is 0.0974. The van der Waals surface area contributed by atoms with Crippen molar-refractivity contribution in [1.82, 2.24) is 0 Å². The highest BCUT2D eigenvalue weighted by Gasteiger charge is 2.39. The Morgan fingerprint density at radius 1 is 1.55 bits per heavy atom. The third-order valence-corrected chi connectivity index (χ3v) is 3.43. The minimum atomic E-state index is -0.0974. The number of ether oxygens (including phenoxy) is 1. The third kappa shape index (κ3) is 1.70. The van der Waals surface area contributed by atoms with Crippen molar-refractivity contribution >= 4 is 11.6 Å². The fourth-order valence-electron chi connectivity index (χ4n) is 1.46. The molecule has 1 aliphatic heterocycles. The smallest absolute Gasteiger partial charge is 0.0840 e. The van der Waals surface area contributed by atoms with Crippen molar-refractivity contribution in [3.8, 4) is 0 Å². The molecule has 1 rings (SSSR count). The summed E-state index contributed by atoms with van der Waals surface area (Å²) in [6.45, 7) is 7.33. The standard InChI is InChI=1S/C9H17ClO/c1-7(2)9(3)8(10)5-4-6-11-9/h7-8H,4-6H2,1-3H3/t8-,9-/m1/s1. The lowest BCUT2D eigenvalue weighted by Crippen LogP contribution is -2.47. The Morgan fingerprint density at radius 2 is 2.18 bits per heavy atom. The van der Waals surface area contributed by atoms with Crippen LogP contribution in [-0.4, -0.2) is 17.6 Å². The monoisotopic (exact) mass is 176 g/mol. The van der Waals surface area contributed by atoms with Crippen molar-refractivity contribution in [3.05, 3.63) is 0 Å². The van der Waals surface area contributed by atoms with Gasteiger partial charge in [-0.1, -0.05) is 13.8 Å². The molecule has 1 fully saturated rings. The van der Waals surface area contributed by atoms with Gasteiger partial charge in [-0.25, -0.2) is 0 Å². The van der Waals surface area contributed by atoms with E-state index in [0.717, 1.165) is 19.4 Å². The lowest BCUT2D eigenvalue weighted by molar-refractivity contribution is -0.0909. The summed E-state index contributed by atoms with van der Waals surface area (Å²) in [7, 11) is 0. The van der Waals surface area contributed by atoms with Gasteiger partial charge in [0.15, 0.2) is 0 Å². The first-order chi connectivity index (χ1) is 5.07. The summed E-state index contributed by atoms with van der Waals surface area (Å²) in [5.41, 5.74) is -0.0974. The second kappa shape index (κ2) is 3.32. The number of halogens is 1. The molecular weight excluding hydrogens is 160 g/mol. The molecule has 0 saturated carbocycles. The van der Waals surface area contributed by atoms with Crippen molar-refractivity contribution in [2.45, 2.75) is 44.6 Å². The Balaban J connectivity index is 2.64. The fourth-order valence-corrected chi connectivity index (χ4v) is 1.93. The summed E-state index contributed by atoms with van der Waals surface area (Å²) in [5.74, 6) is 0.505. The van der Waals surface area contributed by atoms with Crippen LogP contribution in [0.25, 0.3) is 0 Å². The second-order valence-corrected chi connectivity index (χ2v) is 4.32. The molecule has 66 valence electrons. The zero-order valence-electron chi connectivity index (χ0n) is 7.56. The lowest BCUT2D eigenvalue weighted by atomic mass is 9.85. The van der Waals surface area contributed by atoms with Crippen LogP contribution < -0.4 is 0 Å². The lowest BCUT2D eigenvalue weighted by Gasteiger charge is -2.41. The third-order valence-electron chi connectivity index (χ3n) is 2.78. The van der Waals surface area contributed by atoms with Crippen LogP contribution in [0.3, 0.4) is 0 Å². The molecule has 1 aliphatic rings. The molecule has 1 saturated heterocycles. The van der Waals surface area contributed by atoms with Crippen LogP contribution in [0.2, 0.25) is 0 Å². The van der Waals surface area contributed by atoms with E-state index in [1.165, 1.54) is 0 Å². The van der Waals surface area contributed by atoms with Crippen LogP contribution in [0.1, 0.15) is 33.6 Å². The van der Waals surface area contributed by atoms with E-state index < -0.39 is 0 Å². The minimum Gasteiger partial charge on any atom is -0.373 e. The molecule has 1 nitrogen and oxygen atoms in total. The zero-order valence-corrected chi connectivity index (χ0v) is 8.32. The predicted molar refractivity (Wildman–Crippen MR) is 48.1 cm³/mol. The zero-order chi connectivity index (χ0) is 8.48. The molecule has 0 aromatic carbocycles. The van der Waals surface area contributed by atoms with Crippen LogP contribution >= 0.6 is 11.6 Å². The average molecular weight is 177 g/mol. The van der Waals surface area contributed by atoms with E-state index in [0.29, 0.717) is 5.92 Å². The van der Waals surface area contributed by atoms with Crippen LogP contribution in [0.4, 0.5) is 0 Å². The summed E-state index contributed by atoms with van der Waals surface area (Å²) in [4.78, 5) is 0. The van der Waals surface area contributed by atoms with Gasteiger partial charge < -0.3 is 4.74 Å². The first kappa shape index (κ1) is 9.34. The molecule has 0 aliphatic carbocycles. The van der Waals surface area contributed by atoms with Gasteiger partial charge in [0.2, 0.25) is 0 Å². The maximum absolute atomic E-state index is 6.19. The molecule has 0 spiro atoms. The summed E-state index contributed by atoms with van der Waals surface area (Å²) in [6.07, 6.45) is 2.20. The van der Waals surface area contributed by atoms with Crippen LogP contribution in [-0.2, 0) is 4.74 Å². The van der Waals surface area contributed by atoms with Gasteiger partial charge in [-0.05, 0) is 25.7 Å². The Morgan fingerprint density at radius 3 is 2.55 bits per heavy atom. The SMILES string of the molecule is CC(C)[C@@]1(C)OCCC[C@H]1Cl. The van der Waals surface area contributed by atoms with Crippen molar-refractivity contribution in [3.63, 3.8) is 0 Å². The number of hydrogen-bond donors (Lipinski definition) is 0. The molecular formula is C9H17ClO. The number of rotatable bonds is 1. The van der Waals surface area contributed by atoms with E-state index >= 15 is 0 Å². The molecule has 0 N–H and O–H groups in total. The van der Waals surface area contributed by atoms with Crippen molar-refractivity contribution < 1.29 is 4.74 Å². The maximum Gasteiger partial charge on any atom is 0.0840 e. The van der Waals surface area contributed by atoms with Gasteiger partial charge in [0.25, 0.3) is 0 Å². The quantitative estimate of drug-likeness (QED) is 0.559. The molecule has 0 unspecified atom stereocenters. The van der Waals surface area contributed by atoms with Crippen LogP contribution in [0.15, 0.2) is 0 Å². The van der Waals surface area contributed by atoms with Crippen molar-refractivity contribution in [2.24, 2.45) is 5.92 Å². The molecule has 11 heavy (non-hydrogen) atoms. The van der Waals surface area contributed by atoms with E-state index in [1.807, 2.05) is 0 Å². The summed E-state index contributed by atoms with van der Waals surface area (Å²) in [6, 6.07) is 0. The highest BCUT2D eigenvalue weighted by atomic mass is 35.5. The van der Waals surface area contributed by atoms with E-state index in [9.17, 15) is 0 Å². The van der Waals surface area contributed by atoms with Crippen molar-refractivity contribution in [1.29, 1.82) is 0 Å². The van der Waals surface area contributed by atoms with E-state index in [2.05, 4.69) is 20.8 Å². The molecule has 0 bridgehead atoms. The largest absolute Gasteiger partial charge is 0.373 e. The van der Waals surface area contributed by atoms with Gasteiger partial charge in [-0.2, -0.15) is 0 Å². The van der Waals surface area contributed by atoms with Crippen LogP contribution in [0.5, 0.6) is 0 Å². The van der Waals surface area contributed by atoms with Crippen LogP contribution in [0, 0.1) is 5.92 Å². The first-order valence-corrected chi connectivity index (χ1v) is 4.79. The molecule has 0 aromatic heterocycles. The second-order valence-electron chi connectivity index (χ2n) is 3.80. The molecule has 2 atom stereocenters. The highest BCUT2D eigenvalue weighted by molar-refractivity contribution is 6.21. The van der Waals surface area contributed by atoms with Crippen molar-refractivity contribution in [2.75, 3.05) is 6.61 Å². The Labute approximate surface area is 74.1 Å². The van der Waals surface area contributed by atoms with Gasteiger partial charge in [-0.15, -0.1) is 11.6 Å². The summed E-state index contributed by atoms with van der Waals surface area (Å²) in [5, 5.41) is 0.191. The summed E-state index contributed by atoms with van der Waals surface area (Å²) >= 11 is 6.19. The maximum atomic E-state index is 6.19. The number of alkyl halides is 1. The molecule has 0 radical (unpaired) electrons. The van der Waals surface area contributed by atoms with Gasteiger partial charge in [0.1, 0.15) is 0 Å². The van der Waals surface area contributed by atoms with Gasteiger partial charge in [0, 0.05) is 6.61 Å². The number of hydrogen-bond acceptors (Lipinski definition) is 1. The van der Waals surface area contributed by atoms with Gasteiger partial charge in [-0.3, -0.25) is 0 Å². The first-order valence-electron chi connectivity index (χ1n) is 4.35. The molecule has 0 amide bonds. The van der Waals surface area contributed by atoms with E-state index in [-0.39, 0.29) is 11.0 Å². The molecule has 1 heterocycles. The topological polar surface area (TPSA) is 9.23 Å². The average Bonchev–Trinajstić information content (AvgIpc) is 1.95. The van der Waals surface area contributed by atoms with E-state index in [1.54, 1.807) is 0 Å². The predicted octanol–water partition coefficient (Wildman–Crippen LogP) is 2.82.